The number of hydrogen-bond acceptors (Lipinski definition) is 4. The molecule has 1 aliphatic carbocycles. The van der Waals surface area contributed by atoms with E-state index in [0.29, 0.717) is 24.7 Å². The van der Waals surface area contributed by atoms with E-state index >= 15 is 0 Å². The fourth-order valence-corrected chi connectivity index (χ4v) is 3.25. The molecule has 2 N–H and O–H groups in total. The van der Waals surface area contributed by atoms with E-state index in [1.54, 1.807) is 18.2 Å². The molecule has 0 spiro atoms. The van der Waals surface area contributed by atoms with Crippen molar-refractivity contribution in [3.63, 3.8) is 0 Å². The first-order chi connectivity index (χ1) is 10.0. The first-order valence-electron chi connectivity index (χ1n) is 6.93. The van der Waals surface area contributed by atoms with Crippen molar-refractivity contribution < 1.29 is 13.5 Å². The van der Waals surface area contributed by atoms with Gasteiger partial charge in [-0.25, -0.2) is 13.1 Å². The smallest absolute Gasteiger partial charge is 0.241 e. The van der Waals surface area contributed by atoms with Gasteiger partial charge in [-0.1, -0.05) is 24.0 Å². The van der Waals surface area contributed by atoms with Crippen LogP contribution in [-0.2, 0) is 10.0 Å². The average Bonchev–Trinajstić information content (AvgIpc) is 3.29. The van der Waals surface area contributed by atoms with E-state index in [0.717, 1.165) is 0 Å². The van der Waals surface area contributed by atoms with Crippen LogP contribution in [0, 0.1) is 11.8 Å². The monoisotopic (exact) mass is 308 g/mol. The number of nitrogens with one attached hydrogen (secondary N) is 1. The summed E-state index contributed by atoms with van der Waals surface area (Å²) in [6, 6.07) is 7.15. The molecule has 0 heterocycles. The van der Waals surface area contributed by atoms with Crippen LogP contribution in [0.15, 0.2) is 29.2 Å². The molecule has 0 aromatic heterocycles. The second-order valence-corrected chi connectivity index (χ2v) is 6.80. The summed E-state index contributed by atoms with van der Waals surface area (Å²) in [5, 5.41) is 8.74. The Morgan fingerprint density at radius 1 is 1.38 bits per heavy atom. The Bertz CT molecular complexity index is 642. The van der Waals surface area contributed by atoms with Crippen LogP contribution in [0.1, 0.15) is 18.4 Å². The van der Waals surface area contributed by atoms with E-state index < -0.39 is 10.0 Å². The minimum absolute atomic E-state index is 0.153. The molecule has 114 valence electrons. The number of nitrogens with zero attached hydrogens (tertiary/aromatic N) is 1. The summed E-state index contributed by atoms with van der Waals surface area (Å²) in [5.41, 5.74) is 0.398. The lowest BCUT2D eigenvalue weighted by Crippen LogP contribution is -2.34. The van der Waals surface area contributed by atoms with Gasteiger partial charge in [0.25, 0.3) is 0 Å². The third kappa shape index (κ3) is 4.55. The van der Waals surface area contributed by atoms with Crippen molar-refractivity contribution in [2.24, 2.45) is 0 Å². The minimum atomic E-state index is -3.58. The van der Waals surface area contributed by atoms with Gasteiger partial charge < -0.3 is 10.0 Å². The van der Waals surface area contributed by atoms with Gasteiger partial charge in [-0.05, 0) is 32.0 Å². The van der Waals surface area contributed by atoms with Gasteiger partial charge >= 0.3 is 0 Å². The summed E-state index contributed by atoms with van der Waals surface area (Å²) >= 11 is 0. The predicted octanol–water partition coefficient (Wildman–Crippen LogP) is 0.403. The van der Waals surface area contributed by atoms with E-state index in [-0.39, 0.29) is 11.5 Å². The summed E-state index contributed by atoms with van der Waals surface area (Å²) in [7, 11) is -1.58. The molecule has 2 rings (SSSR count). The molecule has 0 amide bonds. The van der Waals surface area contributed by atoms with Crippen molar-refractivity contribution in [1.29, 1.82) is 0 Å². The first kappa shape index (κ1) is 16.0. The van der Waals surface area contributed by atoms with Crippen LogP contribution < -0.4 is 4.72 Å². The maximum absolute atomic E-state index is 12.3. The Labute approximate surface area is 126 Å². The number of aliphatic hydroxyl groups is 1. The molecule has 21 heavy (non-hydrogen) atoms. The fraction of sp³-hybridized carbons (Fsp3) is 0.467. The first-order valence-corrected chi connectivity index (χ1v) is 8.41. The molecular weight excluding hydrogens is 288 g/mol. The van der Waals surface area contributed by atoms with E-state index in [1.165, 1.54) is 18.9 Å². The summed E-state index contributed by atoms with van der Waals surface area (Å²) in [5.74, 6) is 5.15. The Hall–Kier alpha value is -1.39. The molecule has 6 heteroatoms. The highest BCUT2D eigenvalue weighted by Crippen LogP contribution is 2.24. The molecular formula is C15H20N2O3S. The van der Waals surface area contributed by atoms with E-state index in [4.69, 9.17) is 5.11 Å². The Kier molecular flexibility index (Phi) is 5.37. The zero-order valence-electron chi connectivity index (χ0n) is 12.0. The van der Waals surface area contributed by atoms with Crippen molar-refractivity contribution >= 4 is 10.0 Å². The summed E-state index contributed by atoms with van der Waals surface area (Å²) in [6.07, 6.45) is 2.39. The van der Waals surface area contributed by atoms with Crippen LogP contribution in [-0.4, -0.2) is 51.2 Å². The molecule has 0 saturated heterocycles. The molecule has 1 fully saturated rings. The number of likely N-dealkylation sites (N-methyl/N-ethyl adjacent to an activating group) is 1. The quantitative estimate of drug-likeness (QED) is 0.747. The zero-order chi connectivity index (χ0) is 15.3. The zero-order valence-corrected chi connectivity index (χ0v) is 12.9. The lowest BCUT2D eigenvalue weighted by molar-refractivity contribution is 0.329. The van der Waals surface area contributed by atoms with Gasteiger partial charge in [0.1, 0.15) is 6.61 Å². The van der Waals surface area contributed by atoms with E-state index in [1.807, 2.05) is 7.05 Å². The van der Waals surface area contributed by atoms with Crippen LogP contribution in [0.25, 0.3) is 0 Å². The van der Waals surface area contributed by atoms with Gasteiger partial charge in [-0.2, -0.15) is 0 Å². The van der Waals surface area contributed by atoms with Crippen molar-refractivity contribution in [3.8, 4) is 11.8 Å². The lowest BCUT2D eigenvalue weighted by Gasteiger charge is -2.16. The highest BCUT2D eigenvalue weighted by molar-refractivity contribution is 7.89. The summed E-state index contributed by atoms with van der Waals surface area (Å²) in [6.45, 7) is 0.763. The van der Waals surface area contributed by atoms with Gasteiger partial charge in [0.05, 0.1) is 4.90 Å². The topological polar surface area (TPSA) is 69.6 Å². The normalized spacial score (nSPS) is 14.8. The molecule has 1 aliphatic rings. The lowest BCUT2D eigenvalue weighted by atomic mass is 10.2. The molecule has 0 aliphatic heterocycles. The maximum atomic E-state index is 12.3. The van der Waals surface area contributed by atoms with Gasteiger partial charge in [-0.15, -0.1) is 0 Å². The van der Waals surface area contributed by atoms with E-state index in [9.17, 15) is 8.42 Å². The maximum Gasteiger partial charge on any atom is 0.241 e. The molecule has 0 radical (unpaired) electrons. The molecule has 0 atom stereocenters. The van der Waals surface area contributed by atoms with Crippen LogP contribution in [0.3, 0.4) is 0 Å². The third-order valence-electron chi connectivity index (χ3n) is 3.41. The molecule has 1 aromatic rings. The van der Waals surface area contributed by atoms with Crippen LogP contribution >= 0.6 is 0 Å². The predicted molar refractivity (Wildman–Crippen MR) is 81.2 cm³/mol. The second kappa shape index (κ2) is 7.05. The molecule has 0 unspecified atom stereocenters. The second-order valence-electron chi connectivity index (χ2n) is 5.07. The standard InChI is InChI=1S/C15H20N2O3S/c1-17(14-8-9-14)11-10-16-21(19,20)15-7-3-2-5-13(15)6-4-12-18/h2-3,5,7,14,16,18H,8-12H2,1H3. The SMILES string of the molecule is CN(CCNS(=O)(=O)c1ccccc1C#CCO)C1CC1. The highest BCUT2D eigenvalue weighted by Gasteiger charge is 2.26. The van der Waals surface area contributed by atoms with Crippen molar-refractivity contribution in [2.75, 3.05) is 26.7 Å². The van der Waals surface area contributed by atoms with Gasteiger partial charge in [0.15, 0.2) is 0 Å². The number of benzene rings is 1. The summed E-state index contributed by atoms with van der Waals surface area (Å²) < 4.78 is 27.3. The molecule has 1 saturated carbocycles. The third-order valence-corrected chi connectivity index (χ3v) is 4.92. The molecule has 5 nitrogen and oxygen atoms in total. The van der Waals surface area contributed by atoms with Crippen LogP contribution in [0.5, 0.6) is 0 Å². The Balaban J connectivity index is 2.04. The fourth-order valence-electron chi connectivity index (χ4n) is 2.07. The van der Waals surface area contributed by atoms with Gasteiger partial charge in [0, 0.05) is 24.7 Å². The van der Waals surface area contributed by atoms with Gasteiger partial charge in [-0.3, -0.25) is 0 Å². The van der Waals surface area contributed by atoms with E-state index in [2.05, 4.69) is 21.5 Å². The number of hydrogen-bond donors (Lipinski definition) is 2. The highest BCUT2D eigenvalue weighted by atomic mass is 32.2. The van der Waals surface area contributed by atoms with Crippen molar-refractivity contribution in [2.45, 2.75) is 23.8 Å². The number of rotatable bonds is 6. The van der Waals surface area contributed by atoms with Crippen LogP contribution in [0.2, 0.25) is 0 Å². The Morgan fingerprint density at radius 3 is 2.76 bits per heavy atom. The van der Waals surface area contributed by atoms with Gasteiger partial charge in [0.2, 0.25) is 10.0 Å². The van der Waals surface area contributed by atoms with Crippen molar-refractivity contribution in [3.05, 3.63) is 29.8 Å². The molecule has 0 bridgehead atoms. The molecule has 1 aromatic carbocycles. The number of sulfonamides is 1. The minimum Gasteiger partial charge on any atom is -0.384 e. The largest absolute Gasteiger partial charge is 0.384 e. The Morgan fingerprint density at radius 2 is 2.10 bits per heavy atom. The van der Waals surface area contributed by atoms with Crippen molar-refractivity contribution in [1.82, 2.24) is 9.62 Å². The average molecular weight is 308 g/mol. The van der Waals surface area contributed by atoms with Crippen LogP contribution in [0.4, 0.5) is 0 Å². The summed E-state index contributed by atoms with van der Waals surface area (Å²) in [4.78, 5) is 2.32. The number of aliphatic hydroxyl groups excluding tert-OH is 1.